The van der Waals surface area contributed by atoms with Crippen molar-refractivity contribution >= 4 is 11.8 Å². The summed E-state index contributed by atoms with van der Waals surface area (Å²) in [6, 6.07) is 7.11. The van der Waals surface area contributed by atoms with Crippen molar-refractivity contribution < 1.29 is 9.59 Å². The van der Waals surface area contributed by atoms with Crippen molar-refractivity contribution in [3.05, 3.63) is 47.0 Å². The van der Waals surface area contributed by atoms with E-state index in [1.165, 1.54) is 10.5 Å². The maximum absolute atomic E-state index is 12.3. The first kappa shape index (κ1) is 11.2. The number of fused-ring (bicyclic) bond motifs is 1. The maximum Gasteiger partial charge on any atom is 0.261 e. The average molecular weight is 241 g/mol. The van der Waals surface area contributed by atoms with E-state index in [1.807, 2.05) is 0 Å². The summed E-state index contributed by atoms with van der Waals surface area (Å²) < 4.78 is 0. The molecule has 1 aliphatic heterocycles. The first-order chi connectivity index (χ1) is 8.68. The molecule has 0 aromatic heterocycles. The van der Waals surface area contributed by atoms with E-state index in [1.54, 1.807) is 24.3 Å². The van der Waals surface area contributed by atoms with Gasteiger partial charge in [0.2, 0.25) is 0 Å². The highest BCUT2D eigenvalue weighted by molar-refractivity contribution is 6.21. The van der Waals surface area contributed by atoms with Crippen molar-refractivity contribution in [2.75, 3.05) is 0 Å². The smallest absolute Gasteiger partial charge is 0.261 e. The van der Waals surface area contributed by atoms with Gasteiger partial charge in [-0.3, -0.25) is 14.5 Å². The van der Waals surface area contributed by atoms with Gasteiger partial charge in [0.25, 0.3) is 11.8 Å². The highest BCUT2D eigenvalue weighted by Crippen LogP contribution is 2.30. The summed E-state index contributed by atoms with van der Waals surface area (Å²) in [5, 5.41) is 0. The molecule has 1 aromatic rings. The molecule has 0 N–H and O–H groups in total. The highest BCUT2D eigenvalue weighted by atomic mass is 16.2. The van der Waals surface area contributed by atoms with Gasteiger partial charge in [-0.15, -0.1) is 0 Å². The van der Waals surface area contributed by atoms with Gasteiger partial charge < -0.3 is 0 Å². The maximum atomic E-state index is 12.3. The fraction of sp³-hybridized carbons (Fsp3) is 0.333. The number of carbonyl (C=O) groups excluding carboxylic acids is 2. The summed E-state index contributed by atoms with van der Waals surface area (Å²) in [5.74, 6) is -0.262. The Balaban J connectivity index is 1.93. The van der Waals surface area contributed by atoms with E-state index in [0.717, 1.165) is 19.3 Å². The number of imide groups is 1. The minimum Gasteiger partial charge on any atom is -0.271 e. The SMILES string of the molecule is CC1=CCC(N2C(=O)c3ccccc3C2=O)CC1. The first-order valence-corrected chi connectivity index (χ1v) is 6.31. The number of carbonyl (C=O) groups is 2. The standard InChI is InChI=1S/C15H15NO2/c1-10-6-8-11(9-7-10)16-14(17)12-4-2-3-5-13(12)15(16)18/h2-6,11H,7-9H2,1H3. The summed E-state index contributed by atoms with van der Waals surface area (Å²) in [4.78, 5) is 26.0. The van der Waals surface area contributed by atoms with Crippen LogP contribution >= 0.6 is 0 Å². The molecule has 1 aromatic carbocycles. The second-order valence-corrected chi connectivity index (χ2v) is 5.00. The highest BCUT2D eigenvalue weighted by Gasteiger charge is 2.39. The van der Waals surface area contributed by atoms with E-state index >= 15 is 0 Å². The second kappa shape index (κ2) is 4.09. The minimum atomic E-state index is -0.131. The quantitative estimate of drug-likeness (QED) is 0.560. The van der Waals surface area contributed by atoms with Gasteiger partial charge in [-0.05, 0) is 38.3 Å². The topological polar surface area (TPSA) is 37.4 Å². The third kappa shape index (κ3) is 1.58. The van der Waals surface area contributed by atoms with Crippen LogP contribution in [0.15, 0.2) is 35.9 Å². The summed E-state index contributed by atoms with van der Waals surface area (Å²) in [6.07, 6.45) is 4.78. The summed E-state index contributed by atoms with van der Waals surface area (Å²) in [5.41, 5.74) is 2.45. The van der Waals surface area contributed by atoms with E-state index in [2.05, 4.69) is 13.0 Å². The largest absolute Gasteiger partial charge is 0.271 e. The van der Waals surface area contributed by atoms with Crippen LogP contribution in [0.5, 0.6) is 0 Å². The van der Waals surface area contributed by atoms with Crippen LogP contribution in [0.25, 0.3) is 0 Å². The fourth-order valence-corrected chi connectivity index (χ4v) is 2.73. The number of amides is 2. The molecule has 1 atom stereocenters. The van der Waals surface area contributed by atoms with Crippen LogP contribution in [0.2, 0.25) is 0 Å². The lowest BCUT2D eigenvalue weighted by molar-refractivity contribution is 0.0574. The first-order valence-electron chi connectivity index (χ1n) is 6.31. The molecule has 92 valence electrons. The lowest BCUT2D eigenvalue weighted by atomic mass is 9.95. The minimum absolute atomic E-state index is 0.0288. The van der Waals surface area contributed by atoms with Crippen LogP contribution in [0.4, 0.5) is 0 Å². The van der Waals surface area contributed by atoms with Crippen LogP contribution in [0.3, 0.4) is 0 Å². The molecule has 0 saturated carbocycles. The molecule has 1 aliphatic carbocycles. The van der Waals surface area contributed by atoms with Gasteiger partial charge in [-0.1, -0.05) is 23.8 Å². The Labute approximate surface area is 106 Å². The third-order valence-corrected chi connectivity index (χ3v) is 3.80. The molecule has 3 rings (SSSR count). The molecule has 0 radical (unpaired) electrons. The van der Waals surface area contributed by atoms with E-state index < -0.39 is 0 Å². The Morgan fingerprint density at radius 1 is 1.11 bits per heavy atom. The number of hydrogen-bond acceptors (Lipinski definition) is 2. The predicted molar refractivity (Wildman–Crippen MR) is 68.3 cm³/mol. The lowest BCUT2D eigenvalue weighted by Gasteiger charge is -2.28. The van der Waals surface area contributed by atoms with Gasteiger partial charge in [-0.2, -0.15) is 0 Å². The van der Waals surface area contributed by atoms with Crippen LogP contribution in [-0.4, -0.2) is 22.8 Å². The molecule has 18 heavy (non-hydrogen) atoms. The van der Waals surface area contributed by atoms with Gasteiger partial charge in [0.05, 0.1) is 11.1 Å². The van der Waals surface area contributed by atoms with Crippen molar-refractivity contribution in [2.45, 2.75) is 32.2 Å². The zero-order chi connectivity index (χ0) is 12.7. The molecule has 2 amide bonds. The Morgan fingerprint density at radius 2 is 1.72 bits per heavy atom. The van der Waals surface area contributed by atoms with Crippen LogP contribution in [-0.2, 0) is 0 Å². The van der Waals surface area contributed by atoms with Gasteiger partial charge >= 0.3 is 0 Å². The van der Waals surface area contributed by atoms with Crippen LogP contribution in [0.1, 0.15) is 46.9 Å². The van der Waals surface area contributed by atoms with E-state index in [-0.39, 0.29) is 17.9 Å². The van der Waals surface area contributed by atoms with E-state index in [4.69, 9.17) is 0 Å². The summed E-state index contributed by atoms with van der Waals surface area (Å²) in [7, 11) is 0. The number of rotatable bonds is 1. The van der Waals surface area contributed by atoms with Crippen LogP contribution < -0.4 is 0 Å². The Kier molecular flexibility index (Phi) is 2.54. The molecule has 0 saturated heterocycles. The Morgan fingerprint density at radius 3 is 2.22 bits per heavy atom. The molecular formula is C15H15NO2. The molecule has 0 bridgehead atoms. The van der Waals surface area contributed by atoms with Crippen LogP contribution in [0, 0.1) is 0 Å². The van der Waals surface area contributed by atoms with Gasteiger partial charge in [0, 0.05) is 6.04 Å². The summed E-state index contributed by atoms with van der Waals surface area (Å²) >= 11 is 0. The number of hydrogen-bond donors (Lipinski definition) is 0. The molecule has 2 aliphatic rings. The van der Waals surface area contributed by atoms with Crippen molar-refractivity contribution in [1.82, 2.24) is 4.90 Å². The molecule has 1 heterocycles. The Bertz CT molecular complexity index is 524. The zero-order valence-electron chi connectivity index (χ0n) is 10.3. The molecule has 0 spiro atoms. The molecule has 3 heteroatoms. The third-order valence-electron chi connectivity index (χ3n) is 3.80. The molecule has 0 fully saturated rings. The molecular weight excluding hydrogens is 226 g/mol. The monoisotopic (exact) mass is 241 g/mol. The van der Waals surface area contributed by atoms with Gasteiger partial charge in [0.1, 0.15) is 0 Å². The predicted octanol–water partition coefficient (Wildman–Crippen LogP) is 2.78. The average Bonchev–Trinajstić information content (AvgIpc) is 2.64. The Hall–Kier alpha value is -1.90. The fourth-order valence-electron chi connectivity index (χ4n) is 2.73. The number of allylic oxidation sites excluding steroid dienone is 1. The normalized spacial score (nSPS) is 23.1. The van der Waals surface area contributed by atoms with Gasteiger partial charge in [0.15, 0.2) is 0 Å². The van der Waals surface area contributed by atoms with Crippen molar-refractivity contribution in [3.63, 3.8) is 0 Å². The number of nitrogens with zero attached hydrogens (tertiary/aromatic N) is 1. The summed E-state index contributed by atoms with van der Waals surface area (Å²) in [6.45, 7) is 2.10. The molecule has 3 nitrogen and oxygen atoms in total. The van der Waals surface area contributed by atoms with Crippen molar-refractivity contribution in [3.8, 4) is 0 Å². The van der Waals surface area contributed by atoms with Crippen molar-refractivity contribution in [2.24, 2.45) is 0 Å². The molecule has 1 unspecified atom stereocenters. The van der Waals surface area contributed by atoms with E-state index in [0.29, 0.717) is 11.1 Å². The van der Waals surface area contributed by atoms with Gasteiger partial charge in [-0.25, -0.2) is 0 Å². The van der Waals surface area contributed by atoms with Crippen molar-refractivity contribution in [1.29, 1.82) is 0 Å². The van der Waals surface area contributed by atoms with E-state index in [9.17, 15) is 9.59 Å². The second-order valence-electron chi connectivity index (χ2n) is 5.00. The number of benzene rings is 1. The lowest BCUT2D eigenvalue weighted by Crippen LogP contribution is -2.40. The zero-order valence-corrected chi connectivity index (χ0v) is 10.3.